The van der Waals surface area contributed by atoms with Crippen molar-refractivity contribution in [3.63, 3.8) is 0 Å². The third kappa shape index (κ3) is 3.56. The van der Waals surface area contributed by atoms with Crippen molar-refractivity contribution in [2.75, 3.05) is 20.1 Å². The summed E-state index contributed by atoms with van der Waals surface area (Å²) < 4.78 is 47.7. The van der Waals surface area contributed by atoms with Crippen LogP contribution in [-0.2, 0) is 18.1 Å². The maximum atomic E-state index is 13.9. The van der Waals surface area contributed by atoms with Crippen LogP contribution in [0.2, 0.25) is 0 Å². The van der Waals surface area contributed by atoms with Gasteiger partial charge in [0.2, 0.25) is 11.1 Å². The van der Waals surface area contributed by atoms with Crippen LogP contribution in [0.1, 0.15) is 24.3 Å². The van der Waals surface area contributed by atoms with Crippen LogP contribution < -0.4 is 4.18 Å². The standard InChI is InChI=1S/C21H22F2N2O2S/c1-24-10-8-14(9-11-24)17-13-25(2)20-7-6-15(12-16(17)20)27-28(26)21-18(22)4-3-5-19(21)23/h3-7,12-14H,8-11H2,1-2H3. The van der Waals surface area contributed by atoms with E-state index in [1.807, 2.05) is 19.2 Å². The van der Waals surface area contributed by atoms with Crippen LogP contribution in [0.4, 0.5) is 8.78 Å². The quantitative estimate of drug-likeness (QED) is 0.648. The van der Waals surface area contributed by atoms with Crippen LogP contribution in [0.15, 0.2) is 47.5 Å². The second-order valence-corrected chi connectivity index (χ2v) is 8.37. The molecular weight excluding hydrogens is 382 g/mol. The van der Waals surface area contributed by atoms with Crippen LogP contribution in [0.3, 0.4) is 0 Å². The van der Waals surface area contributed by atoms with Crippen molar-refractivity contribution in [2.24, 2.45) is 7.05 Å². The molecule has 4 nitrogen and oxygen atoms in total. The zero-order valence-electron chi connectivity index (χ0n) is 15.8. The zero-order chi connectivity index (χ0) is 19.8. The molecule has 1 unspecified atom stereocenters. The van der Waals surface area contributed by atoms with Crippen molar-refractivity contribution >= 4 is 22.0 Å². The number of halogens is 2. The third-order valence-corrected chi connectivity index (χ3v) is 6.47. The van der Waals surface area contributed by atoms with Gasteiger partial charge in [0, 0.05) is 24.1 Å². The average molecular weight is 404 g/mol. The molecule has 0 amide bonds. The summed E-state index contributed by atoms with van der Waals surface area (Å²) in [6.07, 6.45) is 4.29. The van der Waals surface area contributed by atoms with E-state index >= 15 is 0 Å². The Bertz CT molecular complexity index is 1020. The molecule has 148 valence electrons. The minimum atomic E-state index is -2.27. The summed E-state index contributed by atoms with van der Waals surface area (Å²) in [6.45, 7) is 2.10. The van der Waals surface area contributed by atoms with Crippen molar-refractivity contribution in [1.29, 1.82) is 0 Å². The van der Waals surface area contributed by atoms with Crippen LogP contribution >= 0.6 is 0 Å². The molecule has 1 aromatic heterocycles. The lowest BCUT2D eigenvalue weighted by Gasteiger charge is -2.28. The average Bonchev–Trinajstić information content (AvgIpc) is 2.98. The SMILES string of the molecule is CN1CCC(c2cn(C)c3ccc(OS(=O)c4c(F)cccc4F)cc23)CC1. The maximum Gasteiger partial charge on any atom is 0.246 e. The van der Waals surface area contributed by atoms with Crippen molar-refractivity contribution in [2.45, 2.75) is 23.7 Å². The highest BCUT2D eigenvalue weighted by Gasteiger charge is 2.23. The minimum absolute atomic E-state index is 0.328. The first kappa shape index (κ1) is 19.1. The van der Waals surface area contributed by atoms with Gasteiger partial charge in [-0.3, -0.25) is 0 Å². The Morgan fingerprint density at radius 2 is 1.75 bits per heavy atom. The largest absolute Gasteiger partial charge is 0.397 e. The highest BCUT2D eigenvalue weighted by Crippen LogP contribution is 2.36. The maximum absolute atomic E-state index is 13.9. The van der Waals surface area contributed by atoms with E-state index in [-0.39, 0.29) is 0 Å². The molecular formula is C21H22F2N2O2S. The van der Waals surface area contributed by atoms with Crippen LogP contribution in [0.25, 0.3) is 10.9 Å². The van der Waals surface area contributed by atoms with E-state index in [9.17, 15) is 13.0 Å². The number of piperidine rings is 1. The van der Waals surface area contributed by atoms with Gasteiger partial charge in [0.1, 0.15) is 22.3 Å². The number of benzene rings is 2. The van der Waals surface area contributed by atoms with Gasteiger partial charge in [-0.15, -0.1) is 0 Å². The second kappa shape index (κ2) is 7.64. The first-order valence-corrected chi connectivity index (χ1v) is 10.3. The van der Waals surface area contributed by atoms with Crippen molar-refractivity contribution in [3.05, 3.63) is 59.8 Å². The molecule has 0 N–H and O–H groups in total. The normalized spacial score (nSPS) is 17.1. The number of nitrogens with zero attached hydrogens (tertiary/aromatic N) is 2. The molecule has 0 saturated carbocycles. The molecule has 0 radical (unpaired) electrons. The van der Waals surface area contributed by atoms with E-state index in [2.05, 4.69) is 22.7 Å². The summed E-state index contributed by atoms with van der Waals surface area (Å²) in [7, 11) is 4.12. The predicted octanol–water partition coefficient (Wildman–Crippen LogP) is 4.37. The summed E-state index contributed by atoms with van der Waals surface area (Å²) in [5.74, 6) is -0.990. The first-order chi connectivity index (χ1) is 13.4. The lowest BCUT2D eigenvalue weighted by atomic mass is 9.89. The first-order valence-electron chi connectivity index (χ1n) is 9.25. The monoisotopic (exact) mass is 404 g/mol. The number of aryl methyl sites for hydroxylation is 1. The molecule has 1 fully saturated rings. The van der Waals surface area contributed by atoms with E-state index in [1.165, 1.54) is 11.6 Å². The van der Waals surface area contributed by atoms with E-state index in [1.54, 1.807) is 6.07 Å². The summed E-state index contributed by atoms with van der Waals surface area (Å²) >= 11 is -2.27. The van der Waals surface area contributed by atoms with Gasteiger partial charge in [0.05, 0.1) is 0 Å². The number of hydrogen-bond acceptors (Lipinski definition) is 3. The smallest absolute Gasteiger partial charge is 0.246 e. The van der Waals surface area contributed by atoms with Crippen molar-refractivity contribution in [3.8, 4) is 5.75 Å². The molecule has 1 saturated heterocycles. The molecule has 1 atom stereocenters. The molecule has 3 aromatic rings. The zero-order valence-corrected chi connectivity index (χ0v) is 16.6. The fourth-order valence-corrected chi connectivity index (χ4v) is 4.69. The van der Waals surface area contributed by atoms with Gasteiger partial charge in [-0.2, -0.15) is 0 Å². The highest BCUT2D eigenvalue weighted by molar-refractivity contribution is 7.80. The van der Waals surface area contributed by atoms with E-state index < -0.39 is 27.6 Å². The number of fused-ring (bicyclic) bond motifs is 1. The number of rotatable bonds is 4. The molecule has 1 aliphatic heterocycles. The minimum Gasteiger partial charge on any atom is -0.397 e. The van der Waals surface area contributed by atoms with Gasteiger partial charge in [-0.05, 0) is 74.8 Å². The molecule has 1 aliphatic rings. The molecule has 0 bridgehead atoms. The molecule has 7 heteroatoms. The van der Waals surface area contributed by atoms with Gasteiger partial charge < -0.3 is 13.7 Å². The van der Waals surface area contributed by atoms with Crippen LogP contribution in [-0.4, -0.2) is 33.8 Å². The molecule has 28 heavy (non-hydrogen) atoms. The van der Waals surface area contributed by atoms with Crippen molar-refractivity contribution < 1.29 is 17.2 Å². The Morgan fingerprint density at radius 1 is 1.07 bits per heavy atom. The number of likely N-dealkylation sites (tertiary alicyclic amines) is 1. The van der Waals surface area contributed by atoms with Gasteiger partial charge in [-0.1, -0.05) is 6.07 Å². The summed E-state index contributed by atoms with van der Waals surface area (Å²) in [5.41, 5.74) is 2.28. The Balaban J connectivity index is 1.66. The van der Waals surface area contributed by atoms with Gasteiger partial charge >= 0.3 is 0 Å². The lowest BCUT2D eigenvalue weighted by molar-refractivity contribution is 0.256. The predicted molar refractivity (Wildman–Crippen MR) is 106 cm³/mol. The summed E-state index contributed by atoms with van der Waals surface area (Å²) in [5, 5.41) is 1.03. The third-order valence-electron chi connectivity index (χ3n) is 5.41. The molecule has 0 aliphatic carbocycles. The molecule has 0 spiro atoms. The number of aromatic nitrogens is 1. The topological polar surface area (TPSA) is 34.5 Å². The van der Waals surface area contributed by atoms with Gasteiger partial charge in [-0.25, -0.2) is 13.0 Å². The van der Waals surface area contributed by atoms with E-state index in [4.69, 9.17) is 4.18 Å². The fourth-order valence-electron chi connectivity index (χ4n) is 3.87. The second-order valence-electron chi connectivity index (χ2n) is 7.32. The van der Waals surface area contributed by atoms with E-state index in [0.29, 0.717) is 11.7 Å². The molecule has 2 aromatic carbocycles. The Morgan fingerprint density at radius 3 is 2.43 bits per heavy atom. The van der Waals surface area contributed by atoms with Crippen LogP contribution in [0.5, 0.6) is 5.75 Å². The fraction of sp³-hybridized carbons (Fsp3) is 0.333. The molecule has 2 heterocycles. The summed E-state index contributed by atoms with van der Waals surface area (Å²) in [4.78, 5) is 1.76. The Labute approximate surface area is 165 Å². The highest BCUT2D eigenvalue weighted by atomic mass is 32.2. The summed E-state index contributed by atoms with van der Waals surface area (Å²) in [6, 6.07) is 8.75. The van der Waals surface area contributed by atoms with Crippen molar-refractivity contribution in [1.82, 2.24) is 9.47 Å². The Hall–Kier alpha value is -2.25. The lowest BCUT2D eigenvalue weighted by Crippen LogP contribution is -2.29. The van der Waals surface area contributed by atoms with E-state index in [0.717, 1.165) is 49.0 Å². The van der Waals surface area contributed by atoms with Gasteiger partial charge in [0.15, 0.2) is 0 Å². The number of hydrogen-bond donors (Lipinski definition) is 0. The Kier molecular flexibility index (Phi) is 5.21. The van der Waals surface area contributed by atoms with Crippen LogP contribution in [0, 0.1) is 11.6 Å². The van der Waals surface area contributed by atoms with Gasteiger partial charge in [0.25, 0.3) is 0 Å². The molecule has 4 rings (SSSR count).